The molecule has 0 atom stereocenters. The second-order valence-electron chi connectivity index (χ2n) is 6.61. The van der Waals surface area contributed by atoms with E-state index in [1.807, 2.05) is 19.1 Å². The van der Waals surface area contributed by atoms with Gasteiger partial charge in [-0.2, -0.15) is 4.98 Å². The molecule has 27 heavy (non-hydrogen) atoms. The van der Waals surface area contributed by atoms with E-state index in [-0.39, 0.29) is 0 Å². The summed E-state index contributed by atoms with van der Waals surface area (Å²) in [6, 6.07) is 14.3. The Balaban J connectivity index is 1.58. The summed E-state index contributed by atoms with van der Waals surface area (Å²) in [6.45, 7) is 3.75. The fraction of sp³-hybridized carbons (Fsp3) is 0.238. The van der Waals surface area contributed by atoms with Crippen LogP contribution in [0.25, 0.3) is 0 Å². The van der Waals surface area contributed by atoms with E-state index >= 15 is 0 Å². The summed E-state index contributed by atoms with van der Waals surface area (Å²) in [7, 11) is 1.62. The minimum Gasteiger partial charge on any atom is -0.495 e. The summed E-state index contributed by atoms with van der Waals surface area (Å²) in [5.41, 5.74) is 4.53. The lowest BCUT2D eigenvalue weighted by atomic mass is 10.00. The Morgan fingerprint density at radius 3 is 2.78 bits per heavy atom. The fourth-order valence-corrected chi connectivity index (χ4v) is 3.48. The van der Waals surface area contributed by atoms with Crippen LogP contribution in [0.5, 0.6) is 5.75 Å². The third-order valence-corrected chi connectivity index (χ3v) is 5.23. The number of benzene rings is 2. The van der Waals surface area contributed by atoms with Crippen LogP contribution in [-0.2, 0) is 13.0 Å². The molecule has 0 radical (unpaired) electrons. The van der Waals surface area contributed by atoms with Crippen molar-refractivity contribution in [2.75, 3.05) is 23.9 Å². The molecule has 6 heteroatoms. The van der Waals surface area contributed by atoms with E-state index in [0.717, 1.165) is 36.6 Å². The molecule has 138 valence electrons. The van der Waals surface area contributed by atoms with Gasteiger partial charge in [-0.3, -0.25) is 0 Å². The molecule has 0 unspecified atom stereocenters. The van der Waals surface area contributed by atoms with Gasteiger partial charge in [0.2, 0.25) is 5.95 Å². The van der Waals surface area contributed by atoms with Crippen molar-refractivity contribution in [3.8, 4) is 5.75 Å². The predicted molar refractivity (Wildman–Crippen MR) is 109 cm³/mol. The van der Waals surface area contributed by atoms with Crippen LogP contribution in [0.15, 0.2) is 48.7 Å². The first-order chi connectivity index (χ1) is 13.1. The highest BCUT2D eigenvalue weighted by atomic mass is 35.5. The standard InChI is InChI=1S/C21H21ClN4O/c1-14-11-18(19(27-2)12-17(14)22)24-21-23-9-7-20(25-21)26-10-8-15-5-3-4-6-16(15)13-26/h3-7,9,11-12H,8,10,13H2,1-2H3,(H,23,24,25). The van der Waals surface area contributed by atoms with Crippen molar-refractivity contribution >= 4 is 29.1 Å². The molecule has 0 spiro atoms. The van der Waals surface area contributed by atoms with Crippen molar-refractivity contribution < 1.29 is 4.74 Å². The quantitative estimate of drug-likeness (QED) is 0.707. The summed E-state index contributed by atoms with van der Waals surface area (Å²) >= 11 is 6.19. The molecule has 0 saturated carbocycles. The van der Waals surface area contributed by atoms with Crippen LogP contribution in [0.4, 0.5) is 17.5 Å². The van der Waals surface area contributed by atoms with Gasteiger partial charge in [-0.05, 0) is 42.2 Å². The molecule has 0 saturated heterocycles. The number of hydrogen-bond acceptors (Lipinski definition) is 5. The van der Waals surface area contributed by atoms with Gasteiger partial charge in [-0.15, -0.1) is 0 Å². The lowest BCUT2D eigenvalue weighted by Crippen LogP contribution is -2.31. The number of anilines is 3. The molecular formula is C21H21ClN4O. The molecule has 4 rings (SSSR count). The number of nitrogens with zero attached hydrogens (tertiary/aromatic N) is 3. The average molecular weight is 381 g/mol. The van der Waals surface area contributed by atoms with Gasteiger partial charge in [0.05, 0.1) is 12.8 Å². The summed E-state index contributed by atoms with van der Waals surface area (Å²) in [5, 5.41) is 3.92. The van der Waals surface area contributed by atoms with Gasteiger partial charge in [0.1, 0.15) is 11.6 Å². The Bertz CT molecular complexity index is 976. The third kappa shape index (κ3) is 3.69. The highest BCUT2D eigenvalue weighted by Gasteiger charge is 2.18. The second kappa shape index (κ2) is 7.45. The number of nitrogens with one attached hydrogen (secondary N) is 1. The zero-order valence-corrected chi connectivity index (χ0v) is 16.1. The number of halogens is 1. The van der Waals surface area contributed by atoms with Gasteiger partial charge in [0.25, 0.3) is 0 Å². The van der Waals surface area contributed by atoms with Crippen molar-refractivity contribution in [1.29, 1.82) is 0 Å². The van der Waals surface area contributed by atoms with Crippen molar-refractivity contribution in [2.24, 2.45) is 0 Å². The van der Waals surface area contributed by atoms with Crippen LogP contribution < -0.4 is 15.0 Å². The van der Waals surface area contributed by atoms with Crippen LogP contribution in [0.1, 0.15) is 16.7 Å². The van der Waals surface area contributed by atoms with Gasteiger partial charge >= 0.3 is 0 Å². The van der Waals surface area contributed by atoms with Crippen molar-refractivity contribution in [3.05, 3.63) is 70.4 Å². The zero-order valence-electron chi connectivity index (χ0n) is 15.4. The molecule has 1 aliphatic rings. The highest BCUT2D eigenvalue weighted by molar-refractivity contribution is 6.31. The lowest BCUT2D eigenvalue weighted by molar-refractivity contribution is 0.416. The molecule has 5 nitrogen and oxygen atoms in total. The predicted octanol–water partition coefficient (Wildman–Crippen LogP) is 4.75. The molecule has 2 aromatic carbocycles. The van der Waals surface area contributed by atoms with Gasteiger partial charge in [-0.25, -0.2) is 4.98 Å². The van der Waals surface area contributed by atoms with Crippen LogP contribution >= 0.6 is 11.6 Å². The number of methoxy groups -OCH3 is 1. The molecule has 0 bridgehead atoms. The maximum absolute atomic E-state index is 6.19. The summed E-state index contributed by atoms with van der Waals surface area (Å²) in [6.07, 6.45) is 2.80. The van der Waals surface area contributed by atoms with Gasteiger partial charge < -0.3 is 15.0 Å². The highest BCUT2D eigenvalue weighted by Crippen LogP contribution is 2.32. The Hall–Kier alpha value is -2.79. The SMILES string of the molecule is COc1cc(Cl)c(C)cc1Nc1nccc(N2CCc3ccccc3C2)n1. The number of ether oxygens (including phenoxy) is 1. The third-order valence-electron chi connectivity index (χ3n) is 4.82. The first-order valence-corrected chi connectivity index (χ1v) is 9.28. The molecular weight excluding hydrogens is 360 g/mol. The Morgan fingerprint density at radius 2 is 1.96 bits per heavy atom. The Morgan fingerprint density at radius 1 is 1.15 bits per heavy atom. The van der Waals surface area contributed by atoms with Crippen LogP contribution in [0.2, 0.25) is 5.02 Å². The van der Waals surface area contributed by atoms with E-state index in [1.54, 1.807) is 19.4 Å². The van der Waals surface area contributed by atoms with E-state index in [4.69, 9.17) is 21.3 Å². The minimum atomic E-state index is 0.534. The first-order valence-electron chi connectivity index (χ1n) is 8.90. The van der Waals surface area contributed by atoms with E-state index in [9.17, 15) is 0 Å². The summed E-state index contributed by atoms with van der Waals surface area (Å²) < 4.78 is 5.43. The van der Waals surface area contributed by atoms with Crippen molar-refractivity contribution in [3.63, 3.8) is 0 Å². The zero-order chi connectivity index (χ0) is 18.8. The van der Waals surface area contributed by atoms with E-state index in [2.05, 4.69) is 39.5 Å². The summed E-state index contributed by atoms with van der Waals surface area (Å²) in [5.74, 6) is 2.10. The Labute approximate surface area is 164 Å². The number of fused-ring (bicyclic) bond motifs is 1. The first kappa shape index (κ1) is 17.6. The molecule has 1 N–H and O–H groups in total. The van der Waals surface area contributed by atoms with Gasteiger partial charge in [0, 0.05) is 30.4 Å². The monoisotopic (exact) mass is 380 g/mol. The van der Waals surface area contributed by atoms with E-state index < -0.39 is 0 Å². The van der Waals surface area contributed by atoms with Crippen molar-refractivity contribution in [1.82, 2.24) is 9.97 Å². The molecule has 0 fully saturated rings. The molecule has 0 amide bonds. The Kier molecular flexibility index (Phi) is 4.86. The topological polar surface area (TPSA) is 50.3 Å². The fourth-order valence-electron chi connectivity index (χ4n) is 3.33. The maximum atomic E-state index is 6.19. The number of hydrogen-bond donors (Lipinski definition) is 1. The number of aromatic nitrogens is 2. The minimum absolute atomic E-state index is 0.534. The second-order valence-corrected chi connectivity index (χ2v) is 7.01. The van der Waals surface area contributed by atoms with Gasteiger partial charge in [0.15, 0.2) is 0 Å². The van der Waals surface area contributed by atoms with E-state index in [0.29, 0.717) is 16.7 Å². The van der Waals surface area contributed by atoms with Gasteiger partial charge in [-0.1, -0.05) is 35.9 Å². The smallest absolute Gasteiger partial charge is 0.229 e. The number of aryl methyl sites for hydroxylation is 1. The van der Waals surface area contributed by atoms with Crippen LogP contribution in [0.3, 0.4) is 0 Å². The molecule has 0 aliphatic carbocycles. The summed E-state index contributed by atoms with van der Waals surface area (Å²) in [4.78, 5) is 11.3. The molecule has 3 aromatic rings. The normalized spacial score (nSPS) is 13.2. The van der Waals surface area contributed by atoms with Crippen LogP contribution in [-0.4, -0.2) is 23.6 Å². The van der Waals surface area contributed by atoms with Crippen molar-refractivity contribution in [2.45, 2.75) is 19.9 Å². The molecule has 1 aliphatic heterocycles. The molecule has 1 aromatic heterocycles. The maximum Gasteiger partial charge on any atom is 0.229 e. The molecule has 2 heterocycles. The van der Waals surface area contributed by atoms with E-state index in [1.165, 1.54) is 11.1 Å². The lowest BCUT2D eigenvalue weighted by Gasteiger charge is -2.29. The number of rotatable bonds is 4. The largest absolute Gasteiger partial charge is 0.495 e. The van der Waals surface area contributed by atoms with Crippen LogP contribution in [0, 0.1) is 6.92 Å². The average Bonchev–Trinajstić information content (AvgIpc) is 2.70.